The molecule has 1 fully saturated rings. The number of hydrogen-bond donors (Lipinski definition) is 1. The normalized spacial score (nSPS) is 15.0. The monoisotopic (exact) mass is 247 g/mol. The Balaban J connectivity index is 1.89. The summed E-state index contributed by atoms with van der Waals surface area (Å²) in [6, 6.07) is 7.95. The molecule has 1 N–H and O–H groups in total. The van der Waals surface area contributed by atoms with Crippen molar-refractivity contribution in [1.29, 1.82) is 0 Å². The van der Waals surface area contributed by atoms with E-state index in [-0.39, 0.29) is 6.42 Å². The van der Waals surface area contributed by atoms with Gasteiger partial charge in [0.2, 0.25) is 0 Å². The lowest BCUT2D eigenvalue weighted by Crippen LogP contribution is -2.25. The smallest absolute Gasteiger partial charge is 0.307 e. The third-order valence-corrected chi connectivity index (χ3v) is 3.45. The lowest BCUT2D eigenvalue weighted by atomic mass is 10.1. The Labute approximate surface area is 108 Å². The molecular formula is C15H21NO2. The number of carbonyl (C=O) groups is 1. The van der Waals surface area contributed by atoms with Crippen LogP contribution in [0.3, 0.4) is 0 Å². The number of rotatable bonds is 7. The largest absolute Gasteiger partial charge is 0.481 e. The van der Waals surface area contributed by atoms with E-state index in [1.165, 1.54) is 24.9 Å². The van der Waals surface area contributed by atoms with E-state index in [9.17, 15) is 4.79 Å². The van der Waals surface area contributed by atoms with Crippen molar-refractivity contribution in [3.63, 3.8) is 0 Å². The molecule has 0 amide bonds. The van der Waals surface area contributed by atoms with Crippen LogP contribution in [0.5, 0.6) is 0 Å². The first-order valence-corrected chi connectivity index (χ1v) is 6.69. The molecule has 1 aromatic carbocycles. The Morgan fingerprint density at radius 1 is 1.28 bits per heavy atom. The third-order valence-electron chi connectivity index (χ3n) is 3.45. The van der Waals surface area contributed by atoms with Crippen LogP contribution in [-0.4, -0.2) is 29.1 Å². The number of benzene rings is 1. The SMILES string of the molecule is CCN(Cc1ccc(CC(=O)O)cc1)CC1CC1. The molecule has 3 nitrogen and oxygen atoms in total. The van der Waals surface area contributed by atoms with Gasteiger partial charge >= 0.3 is 5.97 Å². The molecule has 0 radical (unpaired) electrons. The molecule has 0 bridgehead atoms. The molecule has 0 atom stereocenters. The van der Waals surface area contributed by atoms with Crippen molar-refractivity contribution in [2.75, 3.05) is 13.1 Å². The van der Waals surface area contributed by atoms with E-state index in [0.717, 1.165) is 24.6 Å². The summed E-state index contributed by atoms with van der Waals surface area (Å²) in [6.07, 6.45) is 2.88. The van der Waals surface area contributed by atoms with E-state index in [1.807, 2.05) is 24.3 Å². The zero-order chi connectivity index (χ0) is 13.0. The van der Waals surface area contributed by atoms with E-state index in [2.05, 4.69) is 11.8 Å². The lowest BCUT2D eigenvalue weighted by molar-refractivity contribution is -0.136. The van der Waals surface area contributed by atoms with Gasteiger partial charge in [-0.25, -0.2) is 0 Å². The zero-order valence-corrected chi connectivity index (χ0v) is 10.9. The first-order valence-electron chi connectivity index (χ1n) is 6.69. The topological polar surface area (TPSA) is 40.5 Å². The van der Waals surface area contributed by atoms with Gasteiger partial charge in [-0.2, -0.15) is 0 Å². The zero-order valence-electron chi connectivity index (χ0n) is 10.9. The van der Waals surface area contributed by atoms with Crippen LogP contribution in [0.15, 0.2) is 24.3 Å². The van der Waals surface area contributed by atoms with Crippen molar-refractivity contribution in [1.82, 2.24) is 4.90 Å². The molecule has 0 unspecified atom stereocenters. The fourth-order valence-electron chi connectivity index (χ4n) is 2.17. The van der Waals surface area contributed by atoms with E-state index < -0.39 is 5.97 Å². The molecular weight excluding hydrogens is 226 g/mol. The fraction of sp³-hybridized carbons (Fsp3) is 0.533. The van der Waals surface area contributed by atoms with Gasteiger partial charge in [-0.05, 0) is 36.4 Å². The predicted molar refractivity (Wildman–Crippen MR) is 71.5 cm³/mol. The van der Waals surface area contributed by atoms with E-state index in [0.29, 0.717) is 0 Å². The van der Waals surface area contributed by atoms with Crippen LogP contribution in [0.2, 0.25) is 0 Å². The molecule has 2 rings (SSSR count). The third kappa shape index (κ3) is 4.15. The van der Waals surface area contributed by atoms with Gasteiger partial charge in [0.25, 0.3) is 0 Å². The van der Waals surface area contributed by atoms with Gasteiger partial charge in [-0.15, -0.1) is 0 Å². The number of carboxylic acid groups (broad SMARTS) is 1. The second-order valence-corrected chi connectivity index (χ2v) is 5.16. The van der Waals surface area contributed by atoms with Crippen molar-refractivity contribution in [3.8, 4) is 0 Å². The second-order valence-electron chi connectivity index (χ2n) is 5.16. The van der Waals surface area contributed by atoms with Crippen LogP contribution in [0.1, 0.15) is 30.9 Å². The number of carboxylic acids is 1. The van der Waals surface area contributed by atoms with Gasteiger partial charge in [-0.1, -0.05) is 31.2 Å². The highest BCUT2D eigenvalue weighted by Crippen LogP contribution is 2.30. The molecule has 18 heavy (non-hydrogen) atoms. The van der Waals surface area contributed by atoms with E-state index >= 15 is 0 Å². The Morgan fingerprint density at radius 2 is 1.89 bits per heavy atom. The maximum atomic E-state index is 10.6. The van der Waals surface area contributed by atoms with Crippen LogP contribution in [0.4, 0.5) is 0 Å². The van der Waals surface area contributed by atoms with Crippen LogP contribution < -0.4 is 0 Å². The van der Waals surface area contributed by atoms with Gasteiger partial charge in [0.1, 0.15) is 0 Å². The minimum Gasteiger partial charge on any atom is -0.481 e. The average Bonchev–Trinajstić information content (AvgIpc) is 3.14. The maximum absolute atomic E-state index is 10.6. The van der Waals surface area contributed by atoms with Gasteiger partial charge in [0.05, 0.1) is 6.42 Å². The summed E-state index contributed by atoms with van der Waals surface area (Å²) in [5.74, 6) is 0.142. The second kappa shape index (κ2) is 6.01. The fourth-order valence-corrected chi connectivity index (χ4v) is 2.17. The summed E-state index contributed by atoms with van der Waals surface area (Å²) in [5, 5.41) is 8.72. The van der Waals surface area contributed by atoms with Gasteiger partial charge in [0, 0.05) is 13.1 Å². The quantitative estimate of drug-likeness (QED) is 0.805. The maximum Gasteiger partial charge on any atom is 0.307 e. The average molecular weight is 247 g/mol. The Kier molecular flexibility index (Phi) is 4.37. The van der Waals surface area contributed by atoms with Crippen molar-refractivity contribution < 1.29 is 9.90 Å². The minimum atomic E-state index is -0.772. The van der Waals surface area contributed by atoms with Gasteiger partial charge < -0.3 is 5.11 Å². The summed E-state index contributed by atoms with van der Waals surface area (Å²) in [4.78, 5) is 13.1. The number of hydrogen-bond acceptors (Lipinski definition) is 2. The molecule has 0 aliphatic heterocycles. The Morgan fingerprint density at radius 3 is 2.39 bits per heavy atom. The first-order chi connectivity index (χ1) is 8.67. The Hall–Kier alpha value is -1.35. The van der Waals surface area contributed by atoms with E-state index in [1.54, 1.807) is 0 Å². The van der Waals surface area contributed by atoms with Gasteiger partial charge in [-0.3, -0.25) is 9.69 Å². The molecule has 0 saturated heterocycles. The standard InChI is InChI=1S/C15H21NO2/c1-2-16(11-14-7-8-14)10-13-5-3-12(4-6-13)9-15(17)18/h3-6,14H,2,7-11H2,1H3,(H,17,18). The Bertz CT molecular complexity index is 395. The summed E-state index contributed by atoms with van der Waals surface area (Å²) in [7, 11) is 0. The number of aliphatic carboxylic acids is 1. The van der Waals surface area contributed by atoms with Crippen molar-refractivity contribution >= 4 is 5.97 Å². The van der Waals surface area contributed by atoms with Crippen LogP contribution in [0.25, 0.3) is 0 Å². The molecule has 98 valence electrons. The van der Waals surface area contributed by atoms with E-state index in [4.69, 9.17) is 5.11 Å². The van der Waals surface area contributed by atoms with Crippen molar-refractivity contribution in [2.45, 2.75) is 32.7 Å². The van der Waals surface area contributed by atoms with Crippen LogP contribution in [0, 0.1) is 5.92 Å². The minimum absolute atomic E-state index is 0.111. The van der Waals surface area contributed by atoms with Gasteiger partial charge in [0.15, 0.2) is 0 Å². The predicted octanol–water partition coefficient (Wildman–Crippen LogP) is 2.55. The summed E-state index contributed by atoms with van der Waals surface area (Å²) < 4.78 is 0. The molecule has 1 aliphatic carbocycles. The lowest BCUT2D eigenvalue weighted by Gasteiger charge is -2.20. The van der Waals surface area contributed by atoms with Crippen LogP contribution in [-0.2, 0) is 17.8 Å². The summed E-state index contributed by atoms with van der Waals surface area (Å²) in [6.45, 7) is 5.45. The molecule has 0 spiro atoms. The number of nitrogens with zero attached hydrogens (tertiary/aromatic N) is 1. The molecule has 0 heterocycles. The molecule has 1 aliphatic rings. The highest BCUT2D eigenvalue weighted by atomic mass is 16.4. The highest BCUT2D eigenvalue weighted by molar-refractivity contribution is 5.70. The van der Waals surface area contributed by atoms with Crippen LogP contribution >= 0.6 is 0 Å². The first kappa shape index (κ1) is 13.1. The highest BCUT2D eigenvalue weighted by Gasteiger charge is 2.23. The molecule has 1 aromatic rings. The molecule has 0 aromatic heterocycles. The summed E-state index contributed by atoms with van der Waals surface area (Å²) >= 11 is 0. The van der Waals surface area contributed by atoms with Crippen molar-refractivity contribution in [3.05, 3.63) is 35.4 Å². The van der Waals surface area contributed by atoms with Crippen molar-refractivity contribution in [2.24, 2.45) is 5.92 Å². The molecule has 3 heteroatoms. The summed E-state index contributed by atoms with van der Waals surface area (Å²) in [5.41, 5.74) is 2.14. The molecule has 1 saturated carbocycles.